The van der Waals surface area contributed by atoms with Gasteiger partial charge in [0, 0.05) is 26.2 Å². The summed E-state index contributed by atoms with van der Waals surface area (Å²) in [6.07, 6.45) is -5.99. The van der Waals surface area contributed by atoms with Crippen molar-refractivity contribution in [3.63, 3.8) is 0 Å². The lowest BCUT2D eigenvalue weighted by Gasteiger charge is -2.23. The number of nitrogens with zero attached hydrogens (tertiary/aromatic N) is 2. The largest absolute Gasteiger partial charge is 0.471 e. The fourth-order valence-electron chi connectivity index (χ4n) is 1.36. The second kappa shape index (κ2) is 7.93. The van der Waals surface area contributed by atoms with E-state index in [1.54, 1.807) is 13.8 Å². The molecule has 1 N–H and O–H groups in total. The van der Waals surface area contributed by atoms with Crippen molar-refractivity contribution in [1.82, 2.24) is 9.80 Å². The van der Waals surface area contributed by atoms with E-state index in [1.165, 1.54) is 0 Å². The van der Waals surface area contributed by atoms with Gasteiger partial charge in [-0.3, -0.25) is 4.79 Å². The summed E-state index contributed by atoms with van der Waals surface area (Å²) in [7, 11) is 1.02. The van der Waals surface area contributed by atoms with E-state index in [-0.39, 0.29) is 32.3 Å². The molecule has 0 aliphatic heterocycles. The molecule has 0 radical (unpaired) electrons. The molecule has 0 aromatic carbocycles. The van der Waals surface area contributed by atoms with Gasteiger partial charge in [0.15, 0.2) is 0 Å². The third kappa shape index (κ3) is 6.60. The van der Waals surface area contributed by atoms with Crippen LogP contribution < -0.4 is 0 Å². The zero-order valence-corrected chi connectivity index (χ0v) is 11.6. The molecule has 0 rings (SSSR count). The average Bonchev–Trinajstić information content (AvgIpc) is 2.29. The Labute approximate surface area is 115 Å². The van der Waals surface area contributed by atoms with E-state index in [4.69, 9.17) is 9.84 Å². The highest BCUT2D eigenvalue weighted by Gasteiger charge is 2.40. The van der Waals surface area contributed by atoms with E-state index in [9.17, 15) is 22.8 Å². The Bertz CT molecular complexity index is 334. The maximum atomic E-state index is 12.1. The molecule has 0 fully saturated rings. The number of halogens is 3. The third-order valence-electron chi connectivity index (χ3n) is 2.51. The van der Waals surface area contributed by atoms with Crippen LogP contribution in [0, 0.1) is 0 Å². The number of alkyl halides is 3. The predicted octanol–water partition coefficient (Wildman–Crippen LogP) is 1.41. The second-order valence-corrected chi connectivity index (χ2v) is 4.41. The number of carbonyl (C=O) groups excluding carboxylic acids is 1. The number of amides is 2. The van der Waals surface area contributed by atoms with Gasteiger partial charge in [0.1, 0.15) is 0 Å². The molecular weight excluding hydrogens is 281 g/mol. The molecule has 0 aliphatic carbocycles. The minimum Gasteiger partial charge on any atom is -0.465 e. The van der Waals surface area contributed by atoms with Gasteiger partial charge in [-0.1, -0.05) is 0 Å². The van der Waals surface area contributed by atoms with E-state index in [2.05, 4.69) is 0 Å². The number of rotatable bonds is 7. The first-order valence-corrected chi connectivity index (χ1v) is 5.97. The van der Waals surface area contributed by atoms with Gasteiger partial charge in [0.05, 0.1) is 13.2 Å². The molecule has 6 nitrogen and oxygen atoms in total. The van der Waals surface area contributed by atoms with Crippen molar-refractivity contribution >= 4 is 12.0 Å². The normalized spacial score (nSPS) is 11.6. The maximum absolute atomic E-state index is 12.1. The summed E-state index contributed by atoms with van der Waals surface area (Å²) in [5.74, 6) is -1.93. The second-order valence-electron chi connectivity index (χ2n) is 4.41. The molecular formula is C11H19F3N2O4. The standard InChI is InChI=1S/C11H19F3N2O4/c1-8(2)16(10(18)19)5-7-20-6-4-15(3)9(17)11(12,13)14/h8H,4-7H2,1-3H3,(H,18,19). The Kier molecular flexibility index (Phi) is 7.33. The van der Waals surface area contributed by atoms with Gasteiger partial charge in [0.2, 0.25) is 0 Å². The lowest BCUT2D eigenvalue weighted by molar-refractivity contribution is -0.184. The van der Waals surface area contributed by atoms with E-state index in [1.807, 2.05) is 0 Å². The lowest BCUT2D eigenvalue weighted by Crippen LogP contribution is -2.41. The highest BCUT2D eigenvalue weighted by Crippen LogP contribution is 2.17. The Morgan fingerprint density at radius 3 is 2.10 bits per heavy atom. The predicted molar refractivity (Wildman–Crippen MR) is 64.4 cm³/mol. The summed E-state index contributed by atoms with van der Waals surface area (Å²) in [6.45, 7) is 3.26. The van der Waals surface area contributed by atoms with Crippen LogP contribution in [0.1, 0.15) is 13.8 Å². The minimum absolute atomic E-state index is 0.0541. The molecule has 0 aromatic heterocycles. The Morgan fingerprint density at radius 2 is 1.70 bits per heavy atom. The molecule has 2 amide bonds. The van der Waals surface area contributed by atoms with Crippen LogP contribution >= 0.6 is 0 Å². The summed E-state index contributed by atoms with van der Waals surface area (Å²) in [5.41, 5.74) is 0. The molecule has 0 atom stereocenters. The number of carbonyl (C=O) groups is 2. The van der Waals surface area contributed by atoms with Gasteiger partial charge in [0.25, 0.3) is 0 Å². The van der Waals surface area contributed by atoms with Crippen LogP contribution in [-0.2, 0) is 9.53 Å². The van der Waals surface area contributed by atoms with E-state index in [0.717, 1.165) is 11.9 Å². The summed E-state index contributed by atoms with van der Waals surface area (Å²) < 4.78 is 41.2. The number of hydrogen-bond donors (Lipinski definition) is 1. The van der Waals surface area contributed by atoms with Crippen LogP contribution in [0.2, 0.25) is 0 Å². The van der Waals surface area contributed by atoms with Gasteiger partial charge in [-0.05, 0) is 13.8 Å². The average molecular weight is 300 g/mol. The zero-order chi connectivity index (χ0) is 15.9. The first-order chi connectivity index (χ1) is 9.07. The molecule has 0 unspecified atom stereocenters. The van der Waals surface area contributed by atoms with E-state index in [0.29, 0.717) is 4.90 Å². The van der Waals surface area contributed by atoms with Crippen LogP contribution in [-0.4, -0.2) is 72.5 Å². The Morgan fingerprint density at radius 1 is 1.20 bits per heavy atom. The first kappa shape index (κ1) is 18.5. The van der Waals surface area contributed by atoms with Crippen LogP contribution in [0.25, 0.3) is 0 Å². The Hall–Kier alpha value is -1.51. The monoisotopic (exact) mass is 300 g/mol. The highest BCUT2D eigenvalue weighted by atomic mass is 19.4. The summed E-state index contributed by atoms with van der Waals surface area (Å²) >= 11 is 0. The van der Waals surface area contributed by atoms with Gasteiger partial charge >= 0.3 is 18.2 Å². The molecule has 0 spiro atoms. The first-order valence-electron chi connectivity index (χ1n) is 5.97. The van der Waals surface area contributed by atoms with Gasteiger partial charge < -0.3 is 19.6 Å². The molecule has 20 heavy (non-hydrogen) atoms. The topological polar surface area (TPSA) is 70.1 Å². The van der Waals surface area contributed by atoms with E-state index >= 15 is 0 Å². The van der Waals surface area contributed by atoms with Gasteiger partial charge in [-0.2, -0.15) is 13.2 Å². The van der Waals surface area contributed by atoms with Crippen molar-refractivity contribution in [3.8, 4) is 0 Å². The van der Waals surface area contributed by atoms with Crippen molar-refractivity contribution in [2.45, 2.75) is 26.1 Å². The number of carboxylic acid groups (broad SMARTS) is 1. The van der Waals surface area contributed by atoms with Crippen molar-refractivity contribution in [2.24, 2.45) is 0 Å². The van der Waals surface area contributed by atoms with Crippen LogP contribution in [0.15, 0.2) is 0 Å². The highest BCUT2D eigenvalue weighted by molar-refractivity contribution is 5.81. The van der Waals surface area contributed by atoms with Crippen molar-refractivity contribution in [3.05, 3.63) is 0 Å². The van der Waals surface area contributed by atoms with Crippen LogP contribution in [0.4, 0.5) is 18.0 Å². The quantitative estimate of drug-likeness (QED) is 0.722. The van der Waals surface area contributed by atoms with Crippen molar-refractivity contribution in [1.29, 1.82) is 0 Å². The third-order valence-corrected chi connectivity index (χ3v) is 2.51. The maximum Gasteiger partial charge on any atom is 0.471 e. The number of ether oxygens (including phenoxy) is 1. The van der Waals surface area contributed by atoms with Crippen molar-refractivity contribution < 1.29 is 32.6 Å². The molecule has 9 heteroatoms. The van der Waals surface area contributed by atoms with Crippen LogP contribution in [0.3, 0.4) is 0 Å². The fourth-order valence-corrected chi connectivity index (χ4v) is 1.36. The summed E-state index contributed by atoms with van der Waals surface area (Å²) in [4.78, 5) is 23.2. The molecule has 0 saturated heterocycles. The smallest absolute Gasteiger partial charge is 0.465 e. The number of likely N-dealkylation sites (N-methyl/N-ethyl adjacent to an activating group) is 1. The van der Waals surface area contributed by atoms with E-state index < -0.39 is 18.2 Å². The fraction of sp³-hybridized carbons (Fsp3) is 0.818. The van der Waals surface area contributed by atoms with Crippen LogP contribution in [0.5, 0.6) is 0 Å². The molecule has 0 aliphatic rings. The summed E-state index contributed by atoms with van der Waals surface area (Å²) in [5, 5.41) is 8.84. The molecule has 118 valence electrons. The van der Waals surface area contributed by atoms with Crippen molar-refractivity contribution in [2.75, 3.05) is 33.4 Å². The zero-order valence-electron chi connectivity index (χ0n) is 11.6. The molecule has 0 heterocycles. The SMILES string of the molecule is CC(C)N(CCOCCN(C)C(=O)C(F)(F)F)C(=O)O. The molecule has 0 bridgehead atoms. The number of hydrogen-bond acceptors (Lipinski definition) is 3. The van der Waals surface area contributed by atoms with Gasteiger partial charge in [-0.15, -0.1) is 0 Å². The molecule has 0 aromatic rings. The lowest BCUT2D eigenvalue weighted by atomic mass is 10.3. The molecule has 0 saturated carbocycles. The summed E-state index contributed by atoms with van der Waals surface area (Å²) in [6, 6.07) is -0.217. The Balaban J connectivity index is 3.93. The minimum atomic E-state index is -4.90. The van der Waals surface area contributed by atoms with Gasteiger partial charge in [-0.25, -0.2) is 4.79 Å².